The molecule has 0 fully saturated rings. The van der Waals surface area contributed by atoms with Crippen LogP contribution in [-0.2, 0) is 32.5 Å². The first-order valence-corrected chi connectivity index (χ1v) is 10.8. The molecule has 146 valence electrons. The molecule has 3 rings (SSSR count). The van der Waals surface area contributed by atoms with Crippen LogP contribution in [0.4, 0.5) is 4.39 Å². The van der Waals surface area contributed by atoms with Crippen LogP contribution in [0.3, 0.4) is 0 Å². The Morgan fingerprint density at radius 3 is 2.96 bits per heavy atom. The fourth-order valence-corrected chi connectivity index (χ4v) is 4.61. The van der Waals surface area contributed by atoms with Crippen LogP contribution in [0, 0.1) is 5.82 Å². The van der Waals surface area contributed by atoms with E-state index in [4.69, 9.17) is 4.74 Å². The van der Waals surface area contributed by atoms with E-state index < -0.39 is 27.9 Å². The molecule has 0 saturated carbocycles. The van der Waals surface area contributed by atoms with Gasteiger partial charge in [0.2, 0.25) is 10.0 Å². The average Bonchev–Trinajstić information content (AvgIpc) is 3.01. The predicted octanol–water partition coefficient (Wildman–Crippen LogP) is 2.70. The third-order valence-corrected chi connectivity index (χ3v) is 6.46. The monoisotopic (exact) mass is 459 g/mol. The predicted molar refractivity (Wildman–Crippen MR) is 99.0 cm³/mol. The van der Waals surface area contributed by atoms with Crippen molar-refractivity contribution in [1.82, 2.24) is 14.5 Å². The summed E-state index contributed by atoms with van der Waals surface area (Å²) in [4.78, 5) is 11.6. The molecule has 1 aliphatic rings. The van der Waals surface area contributed by atoms with Crippen molar-refractivity contribution < 1.29 is 22.3 Å². The number of rotatable bonds is 6. The fourth-order valence-electron chi connectivity index (χ4n) is 3.11. The van der Waals surface area contributed by atoms with E-state index in [-0.39, 0.29) is 22.5 Å². The van der Waals surface area contributed by atoms with Crippen LogP contribution in [-0.4, -0.2) is 30.8 Å². The summed E-state index contributed by atoms with van der Waals surface area (Å²) in [5.74, 6) is -1.04. The van der Waals surface area contributed by atoms with Crippen molar-refractivity contribution in [2.75, 3.05) is 6.61 Å². The number of carbonyl (C=O) groups is 1. The lowest BCUT2D eigenvalue weighted by atomic mass is 9.94. The van der Waals surface area contributed by atoms with E-state index in [0.29, 0.717) is 12.8 Å². The number of nitrogens with zero attached hydrogens (tertiary/aromatic N) is 2. The van der Waals surface area contributed by atoms with Crippen LogP contribution in [0.1, 0.15) is 37.1 Å². The van der Waals surface area contributed by atoms with Gasteiger partial charge in [-0.1, -0.05) is 0 Å². The van der Waals surface area contributed by atoms with E-state index in [0.717, 1.165) is 23.7 Å². The molecule has 0 aliphatic heterocycles. The minimum Gasteiger partial charge on any atom is -0.465 e. The quantitative estimate of drug-likeness (QED) is 0.670. The summed E-state index contributed by atoms with van der Waals surface area (Å²) in [7, 11) is -3.90. The van der Waals surface area contributed by atoms with E-state index in [1.165, 1.54) is 12.1 Å². The molecule has 1 atom stereocenters. The maximum Gasteiger partial charge on any atom is 0.327 e. The highest BCUT2D eigenvalue weighted by Crippen LogP contribution is 2.31. The van der Waals surface area contributed by atoms with Crippen molar-refractivity contribution >= 4 is 31.9 Å². The van der Waals surface area contributed by atoms with Crippen molar-refractivity contribution in [3.8, 4) is 0 Å². The van der Waals surface area contributed by atoms with E-state index in [9.17, 15) is 17.6 Å². The lowest BCUT2D eigenvalue weighted by Gasteiger charge is -2.24. The largest absolute Gasteiger partial charge is 0.465 e. The molecule has 0 radical (unpaired) electrons. The Bertz CT molecular complexity index is 961. The van der Waals surface area contributed by atoms with Crippen molar-refractivity contribution in [3.63, 3.8) is 0 Å². The Hall–Kier alpha value is -1.78. The topological polar surface area (TPSA) is 90.3 Å². The normalized spacial score (nSPS) is 16.8. The molecule has 10 heteroatoms. The first-order valence-electron chi connectivity index (χ1n) is 8.49. The van der Waals surface area contributed by atoms with Gasteiger partial charge in [0.15, 0.2) is 0 Å². The van der Waals surface area contributed by atoms with Crippen LogP contribution in [0.25, 0.3) is 0 Å². The number of nitrogens with one attached hydrogen (secondary N) is 1. The summed E-state index contributed by atoms with van der Waals surface area (Å²) in [6, 6.07) is 3.18. The van der Waals surface area contributed by atoms with Crippen LogP contribution >= 0.6 is 15.9 Å². The van der Waals surface area contributed by atoms with Crippen LogP contribution < -0.4 is 4.72 Å². The molecular weight excluding hydrogens is 441 g/mol. The molecule has 1 aromatic heterocycles. The summed E-state index contributed by atoms with van der Waals surface area (Å²) >= 11 is 3.01. The van der Waals surface area contributed by atoms with Crippen molar-refractivity contribution in [2.45, 2.75) is 43.7 Å². The second-order valence-corrected chi connectivity index (χ2v) is 8.72. The first-order chi connectivity index (χ1) is 12.8. The standard InChI is InChI=1S/C17H19BrFN3O4S/c1-2-26-17(23)10-22-16-5-3-4-15(12(16)9-20-22)21-27(24,25)11-6-7-13(18)14(19)8-11/h6-9,15,21H,2-5,10H2,1H3. The minimum atomic E-state index is -3.90. The Labute approximate surface area is 165 Å². The number of aromatic nitrogens is 2. The fraction of sp³-hybridized carbons (Fsp3) is 0.412. The first kappa shape index (κ1) is 20.0. The maximum atomic E-state index is 13.7. The number of carbonyl (C=O) groups excluding carboxylic acids is 1. The summed E-state index contributed by atoms with van der Waals surface area (Å²) in [6.07, 6.45) is 3.60. The summed E-state index contributed by atoms with van der Waals surface area (Å²) in [5, 5.41) is 4.21. The zero-order valence-electron chi connectivity index (χ0n) is 14.6. The summed E-state index contributed by atoms with van der Waals surface area (Å²) in [5.41, 5.74) is 1.54. The number of fused-ring (bicyclic) bond motifs is 1. The van der Waals surface area contributed by atoms with Crippen LogP contribution in [0.2, 0.25) is 0 Å². The van der Waals surface area contributed by atoms with Gasteiger partial charge in [0.1, 0.15) is 12.4 Å². The van der Waals surface area contributed by atoms with Gasteiger partial charge in [0.25, 0.3) is 0 Å². The molecule has 0 amide bonds. The molecule has 0 spiro atoms. The summed E-state index contributed by atoms with van der Waals surface area (Å²) in [6.45, 7) is 2.00. The minimum absolute atomic E-state index is 0.0133. The second-order valence-electron chi connectivity index (χ2n) is 6.15. The molecule has 7 nitrogen and oxygen atoms in total. The van der Waals surface area contributed by atoms with Crippen molar-refractivity contribution in [2.24, 2.45) is 0 Å². The Kier molecular flexibility index (Phi) is 5.97. The zero-order chi connectivity index (χ0) is 19.6. The smallest absolute Gasteiger partial charge is 0.327 e. The highest BCUT2D eigenvalue weighted by Gasteiger charge is 2.29. The number of benzene rings is 1. The van der Waals surface area contributed by atoms with Gasteiger partial charge in [-0.25, -0.2) is 17.5 Å². The SMILES string of the molecule is CCOC(=O)Cn1ncc2c1CCCC2NS(=O)(=O)c1ccc(Br)c(F)c1. The Morgan fingerprint density at radius 2 is 2.26 bits per heavy atom. The second kappa shape index (κ2) is 8.07. The zero-order valence-corrected chi connectivity index (χ0v) is 17.0. The van der Waals surface area contributed by atoms with Gasteiger partial charge in [-0.3, -0.25) is 9.48 Å². The van der Waals surface area contributed by atoms with Gasteiger partial charge >= 0.3 is 5.97 Å². The molecule has 1 aliphatic carbocycles. The van der Waals surface area contributed by atoms with Gasteiger partial charge < -0.3 is 4.74 Å². The Balaban J connectivity index is 1.82. The number of sulfonamides is 1. The maximum absolute atomic E-state index is 13.7. The Morgan fingerprint density at radius 1 is 1.48 bits per heavy atom. The molecule has 1 heterocycles. The molecule has 1 aromatic carbocycles. The number of esters is 1. The van der Waals surface area contributed by atoms with E-state index in [1.54, 1.807) is 17.8 Å². The number of hydrogen-bond donors (Lipinski definition) is 1. The number of ether oxygens (including phenoxy) is 1. The number of halogens is 2. The molecule has 1 N–H and O–H groups in total. The van der Waals surface area contributed by atoms with Crippen molar-refractivity contribution in [3.05, 3.63) is 45.9 Å². The lowest BCUT2D eigenvalue weighted by molar-refractivity contribution is -0.144. The average molecular weight is 460 g/mol. The van der Waals surface area contributed by atoms with Crippen LogP contribution in [0.15, 0.2) is 33.8 Å². The highest BCUT2D eigenvalue weighted by atomic mass is 79.9. The molecular formula is C17H19BrFN3O4S. The number of hydrogen-bond acceptors (Lipinski definition) is 5. The van der Waals surface area contributed by atoms with Gasteiger partial charge in [0, 0.05) is 11.3 Å². The third-order valence-electron chi connectivity index (χ3n) is 4.35. The van der Waals surface area contributed by atoms with Gasteiger partial charge in [-0.2, -0.15) is 5.10 Å². The van der Waals surface area contributed by atoms with E-state index in [1.807, 2.05) is 0 Å². The van der Waals surface area contributed by atoms with E-state index in [2.05, 4.69) is 25.8 Å². The van der Waals surface area contributed by atoms with E-state index >= 15 is 0 Å². The molecule has 27 heavy (non-hydrogen) atoms. The highest BCUT2D eigenvalue weighted by molar-refractivity contribution is 9.10. The van der Waals surface area contributed by atoms with Crippen LogP contribution in [0.5, 0.6) is 0 Å². The van der Waals surface area contributed by atoms with Gasteiger partial charge in [-0.05, 0) is 60.3 Å². The summed E-state index contributed by atoms with van der Waals surface area (Å²) < 4.78 is 48.3. The third kappa shape index (κ3) is 4.39. The molecule has 0 saturated heterocycles. The lowest BCUT2D eigenvalue weighted by Crippen LogP contribution is -2.31. The van der Waals surface area contributed by atoms with Gasteiger partial charge in [-0.15, -0.1) is 0 Å². The molecule has 0 bridgehead atoms. The molecule has 1 unspecified atom stereocenters. The van der Waals surface area contributed by atoms with Crippen molar-refractivity contribution in [1.29, 1.82) is 0 Å². The molecule has 2 aromatic rings. The van der Waals surface area contributed by atoms with Gasteiger partial charge in [0.05, 0.1) is 28.2 Å².